The largest absolute Gasteiger partial charge is 0.443 e. The summed E-state index contributed by atoms with van der Waals surface area (Å²) in [6, 6.07) is 3.84. The van der Waals surface area contributed by atoms with E-state index in [1.807, 2.05) is 39.8 Å². The van der Waals surface area contributed by atoms with E-state index >= 15 is 0 Å². The van der Waals surface area contributed by atoms with Gasteiger partial charge in [-0.1, -0.05) is 11.6 Å². The van der Waals surface area contributed by atoms with E-state index in [-0.39, 0.29) is 6.09 Å². The van der Waals surface area contributed by atoms with E-state index in [2.05, 4.69) is 5.32 Å². The van der Waals surface area contributed by atoms with E-state index in [1.54, 1.807) is 4.90 Å². The van der Waals surface area contributed by atoms with Crippen LogP contribution >= 0.6 is 11.6 Å². The third-order valence-electron chi connectivity index (χ3n) is 2.74. The highest BCUT2D eigenvalue weighted by Crippen LogP contribution is 2.37. The van der Waals surface area contributed by atoms with Crippen molar-refractivity contribution in [3.8, 4) is 0 Å². The minimum Gasteiger partial charge on any atom is -0.443 e. The molecule has 0 fully saturated rings. The van der Waals surface area contributed by atoms with Crippen LogP contribution in [0.4, 0.5) is 16.2 Å². The normalized spacial score (nSPS) is 14.7. The zero-order valence-electron chi connectivity index (χ0n) is 11.7. The topological polar surface area (TPSA) is 41.6 Å². The number of hydrogen-bond acceptors (Lipinski definition) is 3. The highest BCUT2D eigenvalue weighted by atomic mass is 35.5. The van der Waals surface area contributed by atoms with Gasteiger partial charge in [0.2, 0.25) is 0 Å². The lowest BCUT2D eigenvalue weighted by Crippen LogP contribution is -2.42. The number of nitrogens with zero attached hydrogens (tertiary/aromatic N) is 1. The number of amides is 1. The lowest BCUT2D eigenvalue weighted by atomic mass is 10.1. The second-order valence-electron chi connectivity index (χ2n) is 5.70. The lowest BCUT2D eigenvalue weighted by Gasteiger charge is -2.33. The molecule has 0 spiro atoms. The quantitative estimate of drug-likeness (QED) is 0.786. The van der Waals surface area contributed by atoms with Gasteiger partial charge in [-0.15, -0.1) is 0 Å². The van der Waals surface area contributed by atoms with Gasteiger partial charge in [0.1, 0.15) is 5.60 Å². The molecular weight excluding hydrogens is 264 g/mol. The van der Waals surface area contributed by atoms with Crippen molar-refractivity contribution in [3.63, 3.8) is 0 Å². The Bertz CT molecular complexity index is 509. The van der Waals surface area contributed by atoms with Crippen LogP contribution in [-0.4, -0.2) is 24.8 Å². The SMILES string of the molecule is Cc1cc(Cl)c2c(c1)NCCN2C(=O)OC(C)(C)C. The van der Waals surface area contributed by atoms with Crippen LogP contribution in [0.5, 0.6) is 0 Å². The molecule has 1 amide bonds. The van der Waals surface area contributed by atoms with E-state index in [9.17, 15) is 4.79 Å². The standard InChI is InChI=1S/C14H19ClN2O2/c1-9-7-10(15)12-11(8-9)16-5-6-17(12)13(18)19-14(2,3)4/h7-8,16H,5-6H2,1-4H3. The van der Waals surface area contributed by atoms with Crippen molar-refractivity contribution in [3.05, 3.63) is 22.7 Å². The van der Waals surface area contributed by atoms with Crippen LogP contribution in [0, 0.1) is 6.92 Å². The van der Waals surface area contributed by atoms with Crippen LogP contribution in [0.25, 0.3) is 0 Å². The van der Waals surface area contributed by atoms with E-state index in [1.165, 1.54) is 0 Å². The molecule has 0 unspecified atom stereocenters. The average molecular weight is 283 g/mol. The summed E-state index contributed by atoms with van der Waals surface area (Å²) in [7, 11) is 0. The first-order chi connectivity index (χ1) is 8.78. The van der Waals surface area contributed by atoms with Crippen molar-refractivity contribution >= 4 is 29.1 Å². The summed E-state index contributed by atoms with van der Waals surface area (Å²) < 4.78 is 5.42. The number of carbonyl (C=O) groups excluding carboxylic acids is 1. The number of hydrogen-bond donors (Lipinski definition) is 1. The van der Waals surface area contributed by atoms with Gasteiger partial charge in [-0.3, -0.25) is 4.90 Å². The van der Waals surface area contributed by atoms with Gasteiger partial charge in [0.15, 0.2) is 0 Å². The zero-order valence-corrected chi connectivity index (χ0v) is 12.5. The average Bonchev–Trinajstić information content (AvgIpc) is 2.25. The Kier molecular flexibility index (Phi) is 3.63. The molecule has 0 aromatic heterocycles. The van der Waals surface area contributed by atoms with Crippen molar-refractivity contribution < 1.29 is 9.53 Å². The second-order valence-corrected chi connectivity index (χ2v) is 6.11. The smallest absolute Gasteiger partial charge is 0.414 e. The van der Waals surface area contributed by atoms with Gasteiger partial charge >= 0.3 is 6.09 Å². The molecule has 1 heterocycles. The number of benzene rings is 1. The number of carbonyl (C=O) groups is 1. The monoisotopic (exact) mass is 282 g/mol. The third-order valence-corrected chi connectivity index (χ3v) is 3.03. The Labute approximate surface area is 118 Å². The van der Waals surface area contributed by atoms with Crippen LogP contribution < -0.4 is 10.2 Å². The van der Waals surface area contributed by atoms with E-state index in [0.717, 1.165) is 11.3 Å². The Hall–Kier alpha value is -1.42. The minimum absolute atomic E-state index is 0.360. The molecule has 0 saturated carbocycles. The van der Waals surface area contributed by atoms with E-state index in [4.69, 9.17) is 16.3 Å². The molecule has 4 nitrogen and oxygen atoms in total. The van der Waals surface area contributed by atoms with Gasteiger partial charge in [-0.25, -0.2) is 4.79 Å². The van der Waals surface area contributed by atoms with Crippen LogP contribution in [0.3, 0.4) is 0 Å². The van der Waals surface area contributed by atoms with Gasteiger partial charge in [0.25, 0.3) is 0 Å². The number of anilines is 2. The molecule has 1 aliphatic heterocycles. The van der Waals surface area contributed by atoms with Crippen molar-refractivity contribution in [2.45, 2.75) is 33.3 Å². The van der Waals surface area contributed by atoms with Crippen LogP contribution in [0.15, 0.2) is 12.1 Å². The van der Waals surface area contributed by atoms with Gasteiger partial charge in [0.05, 0.1) is 16.4 Å². The number of fused-ring (bicyclic) bond motifs is 1. The van der Waals surface area contributed by atoms with Crippen molar-refractivity contribution in [2.24, 2.45) is 0 Å². The summed E-state index contributed by atoms with van der Waals surface area (Å²) in [4.78, 5) is 13.8. The van der Waals surface area contributed by atoms with E-state index in [0.29, 0.717) is 23.8 Å². The summed E-state index contributed by atoms with van der Waals surface area (Å²) in [6.45, 7) is 8.76. The molecule has 2 rings (SSSR count). The third kappa shape index (κ3) is 3.13. The molecule has 0 atom stereocenters. The first-order valence-electron chi connectivity index (χ1n) is 6.32. The van der Waals surface area contributed by atoms with Crippen molar-refractivity contribution in [2.75, 3.05) is 23.3 Å². The van der Waals surface area contributed by atoms with Crippen LogP contribution in [0.1, 0.15) is 26.3 Å². The Morgan fingerprint density at radius 1 is 1.42 bits per heavy atom. The summed E-state index contributed by atoms with van der Waals surface area (Å²) in [5, 5.41) is 3.82. The van der Waals surface area contributed by atoms with Crippen molar-refractivity contribution in [1.29, 1.82) is 0 Å². The summed E-state index contributed by atoms with van der Waals surface area (Å²) >= 11 is 6.27. The molecule has 0 aliphatic carbocycles. The Balaban J connectivity index is 2.35. The molecular formula is C14H19ClN2O2. The first-order valence-corrected chi connectivity index (χ1v) is 6.70. The predicted molar refractivity (Wildman–Crippen MR) is 78.3 cm³/mol. The van der Waals surface area contributed by atoms with Gasteiger partial charge < -0.3 is 10.1 Å². The van der Waals surface area contributed by atoms with Gasteiger partial charge in [0, 0.05) is 13.1 Å². The maximum atomic E-state index is 12.2. The molecule has 0 saturated heterocycles. The molecule has 0 bridgehead atoms. The first kappa shape index (κ1) is 14.0. The summed E-state index contributed by atoms with van der Waals surface area (Å²) in [5.41, 5.74) is 2.12. The predicted octanol–water partition coefficient (Wildman–Crippen LogP) is 3.82. The number of ether oxygens (including phenoxy) is 1. The molecule has 19 heavy (non-hydrogen) atoms. The highest BCUT2D eigenvalue weighted by Gasteiger charge is 2.29. The Morgan fingerprint density at radius 3 is 2.74 bits per heavy atom. The fourth-order valence-electron chi connectivity index (χ4n) is 2.06. The molecule has 1 aliphatic rings. The molecule has 1 N–H and O–H groups in total. The molecule has 1 aromatic carbocycles. The molecule has 1 aromatic rings. The van der Waals surface area contributed by atoms with E-state index < -0.39 is 5.60 Å². The fourth-order valence-corrected chi connectivity index (χ4v) is 2.43. The summed E-state index contributed by atoms with van der Waals surface area (Å²) in [5.74, 6) is 0. The van der Waals surface area contributed by atoms with Gasteiger partial charge in [-0.2, -0.15) is 0 Å². The van der Waals surface area contributed by atoms with Crippen LogP contribution in [0.2, 0.25) is 5.02 Å². The Morgan fingerprint density at radius 2 is 2.11 bits per heavy atom. The second kappa shape index (κ2) is 4.93. The lowest BCUT2D eigenvalue weighted by molar-refractivity contribution is 0.0581. The maximum absolute atomic E-state index is 12.2. The number of rotatable bonds is 0. The minimum atomic E-state index is -0.515. The number of halogens is 1. The molecule has 104 valence electrons. The summed E-state index contributed by atoms with van der Waals surface area (Å²) in [6.07, 6.45) is -0.360. The number of aryl methyl sites for hydroxylation is 1. The van der Waals surface area contributed by atoms with Gasteiger partial charge in [-0.05, 0) is 45.4 Å². The molecule has 5 heteroatoms. The zero-order chi connectivity index (χ0) is 14.2. The highest BCUT2D eigenvalue weighted by molar-refractivity contribution is 6.34. The number of nitrogens with one attached hydrogen (secondary N) is 1. The maximum Gasteiger partial charge on any atom is 0.414 e. The van der Waals surface area contributed by atoms with Crippen molar-refractivity contribution in [1.82, 2.24) is 0 Å². The molecule has 0 radical (unpaired) electrons. The fraction of sp³-hybridized carbons (Fsp3) is 0.500. The van der Waals surface area contributed by atoms with Crippen LogP contribution in [-0.2, 0) is 4.74 Å².